The molecule has 0 amide bonds. The van der Waals surface area contributed by atoms with Gasteiger partial charge in [-0.25, -0.2) is 0 Å². The molecule has 0 unspecified atom stereocenters. The lowest BCUT2D eigenvalue weighted by molar-refractivity contribution is 0.377. The molecule has 0 aromatic carbocycles. The van der Waals surface area contributed by atoms with Crippen LogP contribution in [0.1, 0.15) is 0 Å². The average molecular weight is 140 g/mol. The molecule has 0 spiro atoms. The molecule has 0 aromatic rings. The van der Waals surface area contributed by atoms with Gasteiger partial charge in [-0.15, -0.1) is 6.58 Å². The van der Waals surface area contributed by atoms with E-state index in [0.717, 1.165) is 0 Å². The molecule has 0 heterocycles. The maximum Gasteiger partial charge on any atom is 0.329 e. The summed E-state index contributed by atoms with van der Waals surface area (Å²) in [7, 11) is -3.78. The third kappa shape index (κ3) is 9.28. The Hall–Kier alpha value is -0.150. The van der Waals surface area contributed by atoms with Crippen LogP contribution in [-0.4, -0.2) is 21.4 Å². The van der Waals surface area contributed by atoms with Crippen LogP contribution >= 0.6 is 7.60 Å². The molecule has 50 valence electrons. The molecule has 0 atom stereocenters. The smallest absolute Gasteiger partial charge is 0.329 e. The van der Waals surface area contributed by atoms with Crippen molar-refractivity contribution in [3.63, 3.8) is 0 Å². The SMILES string of the molecule is C=CCP(=O)(O)O.O. The largest absolute Gasteiger partial charge is 0.412 e. The second-order valence-corrected chi connectivity index (χ2v) is 2.83. The summed E-state index contributed by atoms with van der Waals surface area (Å²) in [5.41, 5.74) is 0. The maximum atomic E-state index is 9.85. The fourth-order valence-corrected chi connectivity index (χ4v) is 0.505. The highest BCUT2D eigenvalue weighted by Crippen LogP contribution is 2.33. The van der Waals surface area contributed by atoms with Crippen molar-refractivity contribution in [1.82, 2.24) is 0 Å². The van der Waals surface area contributed by atoms with E-state index in [4.69, 9.17) is 9.79 Å². The van der Waals surface area contributed by atoms with Gasteiger partial charge in [-0.05, 0) is 0 Å². The quantitative estimate of drug-likeness (QED) is 0.401. The van der Waals surface area contributed by atoms with E-state index in [2.05, 4.69) is 6.58 Å². The summed E-state index contributed by atoms with van der Waals surface area (Å²) in [4.78, 5) is 16.1. The first kappa shape index (κ1) is 10.8. The van der Waals surface area contributed by atoms with Gasteiger partial charge in [0.1, 0.15) is 0 Å². The summed E-state index contributed by atoms with van der Waals surface area (Å²) in [6.45, 7) is 3.15. The van der Waals surface area contributed by atoms with E-state index in [1.54, 1.807) is 0 Å². The molecule has 0 aliphatic carbocycles. The molecular formula is C3H9O4P. The van der Waals surface area contributed by atoms with Crippen LogP contribution in [0.3, 0.4) is 0 Å². The fraction of sp³-hybridized carbons (Fsp3) is 0.333. The lowest BCUT2D eigenvalue weighted by Crippen LogP contribution is -1.78. The molecule has 0 aliphatic rings. The summed E-state index contributed by atoms with van der Waals surface area (Å²) >= 11 is 0. The Balaban J connectivity index is 0. The van der Waals surface area contributed by atoms with Crippen LogP contribution in [-0.2, 0) is 4.57 Å². The van der Waals surface area contributed by atoms with Crippen molar-refractivity contribution in [2.24, 2.45) is 0 Å². The van der Waals surface area contributed by atoms with E-state index in [9.17, 15) is 4.57 Å². The highest BCUT2D eigenvalue weighted by Gasteiger charge is 2.06. The molecule has 4 N–H and O–H groups in total. The third-order valence-corrected chi connectivity index (χ3v) is 1.10. The number of allylic oxidation sites excluding steroid dienone is 1. The van der Waals surface area contributed by atoms with Crippen molar-refractivity contribution in [3.8, 4) is 0 Å². The van der Waals surface area contributed by atoms with Crippen LogP contribution in [0, 0.1) is 0 Å². The minimum Gasteiger partial charge on any atom is -0.412 e. The van der Waals surface area contributed by atoms with Crippen LogP contribution in [0.4, 0.5) is 0 Å². The van der Waals surface area contributed by atoms with Crippen LogP contribution in [0.5, 0.6) is 0 Å². The van der Waals surface area contributed by atoms with Crippen molar-refractivity contribution >= 4 is 7.60 Å². The van der Waals surface area contributed by atoms with Gasteiger partial charge in [0.2, 0.25) is 0 Å². The third-order valence-electron chi connectivity index (χ3n) is 0.367. The average Bonchev–Trinajstić information content (AvgIpc) is 1.30. The molecule has 0 saturated carbocycles. The zero-order valence-corrected chi connectivity index (χ0v) is 5.14. The molecule has 0 aliphatic heterocycles. The molecule has 5 heteroatoms. The Morgan fingerprint density at radius 1 is 1.62 bits per heavy atom. The molecule has 0 saturated heterocycles. The van der Waals surface area contributed by atoms with Gasteiger partial charge in [-0.3, -0.25) is 4.57 Å². The topological polar surface area (TPSA) is 89.0 Å². The van der Waals surface area contributed by atoms with E-state index in [-0.39, 0.29) is 11.6 Å². The minimum atomic E-state index is -3.78. The Kier molecular flexibility index (Phi) is 5.12. The van der Waals surface area contributed by atoms with Crippen molar-refractivity contribution in [2.45, 2.75) is 0 Å². The molecular weight excluding hydrogens is 131 g/mol. The van der Waals surface area contributed by atoms with Crippen LogP contribution in [0.2, 0.25) is 0 Å². The summed E-state index contributed by atoms with van der Waals surface area (Å²) in [6.07, 6.45) is 0.966. The lowest BCUT2D eigenvalue weighted by Gasteiger charge is -1.94. The standard InChI is InChI=1S/C3H7O3P.H2O/c1-2-3-7(4,5)6;/h2H,1,3H2,(H2,4,5,6);1H2. The van der Waals surface area contributed by atoms with E-state index in [1.807, 2.05) is 0 Å². The Morgan fingerprint density at radius 3 is 2.00 bits per heavy atom. The predicted molar refractivity (Wildman–Crippen MR) is 30.7 cm³/mol. The van der Waals surface area contributed by atoms with Gasteiger partial charge in [-0.1, -0.05) is 6.08 Å². The predicted octanol–water partition coefficient (Wildman–Crippen LogP) is -0.475. The van der Waals surface area contributed by atoms with Crippen molar-refractivity contribution in [2.75, 3.05) is 6.16 Å². The van der Waals surface area contributed by atoms with Crippen LogP contribution < -0.4 is 0 Å². The molecule has 0 bridgehead atoms. The Morgan fingerprint density at radius 2 is 2.00 bits per heavy atom. The summed E-state index contributed by atoms with van der Waals surface area (Å²) < 4.78 is 9.85. The second-order valence-electron chi connectivity index (χ2n) is 1.14. The van der Waals surface area contributed by atoms with E-state index in [1.165, 1.54) is 6.08 Å². The summed E-state index contributed by atoms with van der Waals surface area (Å²) in [6, 6.07) is 0. The zero-order chi connectivity index (χ0) is 5.91. The number of rotatable bonds is 2. The molecule has 0 rings (SSSR count). The van der Waals surface area contributed by atoms with Gasteiger partial charge >= 0.3 is 7.60 Å². The van der Waals surface area contributed by atoms with Gasteiger partial charge < -0.3 is 15.3 Å². The van der Waals surface area contributed by atoms with Crippen molar-refractivity contribution < 1.29 is 19.8 Å². The molecule has 0 fully saturated rings. The fourth-order valence-electron chi connectivity index (χ4n) is 0.168. The van der Waals surface area contributed by atoms with Crippen LogP contribution in [0.25, 0.3) is 0 Å². The number of hydrogen-bond acceptors (Lipinski definition) is 1. The Bertz CT molecular complexity index is 104. The normalized spacial score (nSPS) is 9.75. The van der Waals surface area contributed by atoms with Crippen molar-refractivity contribution in [1.29, 1.82) is 0 Å². The molecule has 0 radical (unpaired) electrons. The summed E-state index contributed by atoms with van der Waals surface area (Å²) in [5, 5.41) is 0. The monoisotopic (exact) mass is 140 g/mol. The van der Waals surface area contributed by atoms with Gasteiger partial charge in [0, 0.05) is 0 Å². The second kappa shape index (κ2) is 3.80. The summed E-state index contributed by atoms with van der Waals surface area (Å²) in [5.74, 6) is 0. The first-order valence-corrected chi connectivity index (χ1v) is 3.51. The number of hydrogen-bond donors (Lipinski definition) is 2. The maximum absolute atomic E-state index is 9.85. The molecule has 8 heavy (non-hydrogen) atoms. The van der Waals surface area contributed by atoms with E-state index in [0.29, 0.717) is 0 Å². The highest BCUT2D eigenvalue weighted by atomic mass is 31.2. The lowest BCUT2D eigenvalue weighted by atomic mass is 10.8. The van der Waals surface area contributed by atoms with Gasteiger partial charge in [0.05, 0.1) is 6.16 Å². The van der Waals surface area contributed by atoms with Gasteiger partial charge in [0.15, 0.2) is 0 Å². The Labute approximate surface area is 47.3 Å². The highest BCUT2D eigenvalue weighted by molar-refractivity contribution is 7.51. The van der Waals surface area contributed by atoms with Gasteiger partial charge in [-0.2, -0.15) is 0 Å². The first-order chi connectivity index (χ1) is 3.06. The first-order valence-electron chi connectivity index (χ1n) is 1.72. The van der Waals surface area contributed by atoms with Crippen molar-refractivity contribution in [3.05, 3.63) is 12.7 Å². The van der Waals surface area contributed by atoms with E-state index >= 15 is 0 Å². The zero-order valence-electron chi connectivity index (χ0n) is 4.24. The molecule has 4 nitrogen and oxygen atoms in total. The van der Waals surface area contributed by atoms with Gasteiger partial charge in [0.25, 0.3) is 0 Å². The molecule has 0 aromatic heterocycles. The van der Waals surface area contributed by atoms with E-state index < -0.39 is 7.60 Å². The minimum absolute atomic E-state index is 0. The van der Waals surface area contributed by atoms with Crippen LogP contribution in [0.15, 0.2) is 12.7 Å².